The Labute approximate surface area is 131 Å². The Morgan fingerprint density at radius 2 is 2.09 bits per heavy atom. The molecule has 22 heavy (non-hydrogen) atoms. The number of amides is 1. The number of rotatable bonds is 7. The molecule has 0 aromatic carbocycles. The summed E-state index contributed by atoms with van der Waals surface area (Å²) in [5.41, 5.74) is 0.798. The number of carboxylic acids is 1. The van der Waals surface area contributed by atoms with Gasteiger partial charge in [0.1, 0.15) is 0 Å². The molecule has 2 N–H and O–H groups in total. The summed E-state index contributed by atoms with van der Waals surface area (Å²) < 4.78 is 5.21. The molecule has 0 radical (unpaired) electrons. The monoisotopic (exact) mass is 307 g/mol. The van der Waals surface area contributed by atoms with Gasteiger partial charge in [0.2, 0.25) is 0 Å². The van der Waals surface area contributed by atoms with Crippen LogP contribution in [0, 0.1) is 12.8 Å². The van der Waals surface area contributed by atoms with Crippen molar-refractivity contribution in [2.75, 3.05) is 0 Å². The number of carbonyl (C=O) groups excluding carboxylic acids is 1. The summed E-state index contributed by atoms with van der Waals surface area (Å²) in [6.45, 7) is 1.83. The second-order valence-corrected chi connectivity index (χ2v) is 6.28. The van der Waals surface area contributed by atoms with Crippen LogP contribution < -0.4 is 5.32 Å². The molecule has 1 fully saturated rings. The molecule has 2 rings (SSSR count). The maximum Gasteiger partial charge on any atom is 0.303 e. The Kier molecular flexibility index (Phi) is 6.04. The average Bonchev–Trinajstić information content (AvgIpc) is 2.92. The number of aliphatic carboxylic acids is 1. The van der Waals surface area contributed by atoms with E-state index in [1.807, 2.05) is 6.92 Å². The number of carbonyl (C=O) groups is 2. The lowest BCUT2D eigenvalue weighted by Crippen LogP contribution is -2.37. The highest BCUT2D eigenvalue weighted by Gasteiger charge is 2.23. The molecule has 0 spiro atoms. The van der Waals surface area contributed by atoms with Crippen molar-refractivity contribution in [3.63, 3.8) is 0 Å². The Morgan fingerprint density at radius 3 is 2.68 bits per heavy atom. The smallest absolute Gasteiger partial charge is 0.303 e. The molecule has 1 amide bonds. The highest BCUT2D eigenvalue weighted by atomic mass is 16.4. The van der Waals surface area contributed by atoms with Crippen molar-refractivity contribution in [2.24, 2.45) is 5.92 Å². The zero-order valence-corrected chi connectivity index (χ0v) is 13.1. The van der Waals surface area contributed by atoms with E-state index in [1.54, 1.807) is 6.07 Å². The van der Waals surface area contributed by atoms with Crippen molar-refractivity contribution in [1.82, 2.24) is 5.32 Å². The molecule has 122 valence electrons. The SMILES string of the molecule is Cc1ccoc1C(=O)NC(CCC(=O)O)CC1CCCCC1. The van der Waals surface area contributed by atoms with Gasteiger partial charge in [0, 0.05) is 18.0 Å². The molecule has 1 heterocycles. The van der Waals surface area contributed by atoms with E-state index in [0.29, 0.717) is 18.1 Å². The second kappa shape index (κ2) is 8.01. The molecule has 1 unspecified atom stereocenters. The molecule has 5 nitrogen and oxygen atoms in total. The molecular formula is C17H25NO4. The van der Waals surface area contributed by atoms with E-state index in [0.717, 1.165) is 12.0 Å². The Hall–Kier alpha value is -1.78. The van der Waals surface area contributed by atoms with Crippen LogP contribution in [0.4, 0.5) is 0 Å². The van der Waals surface area contributed by atoms with E-state index in [-0.39, 0.29) is 18.4 Å². The van der Waals surface area contributed by atoms with Gasteiger partial charge in [0.15, 0.2) is 5.76 Å². The molecule has 1 aromatic heterocycles. The van der Waals surface area contributed by atoms with Crippen molar-refractivity contribution < 1.29 is 19.1 Å². The zero-order valence-electron chi connectivity index (χ0n) is 13.1. The van der Waals surface area contributed by atoms with Gasteiger partial charge in [-0.15, -0.1) is 0 Å². The molecule has 0 bridgehead atoms. The van der Waals surface area contributed by atoms with Crippen LogP contribution in [0.25, 0.3) is 0 Å². The quantitative estimate of drug-likeness (QED) is 0.807. The normalized spacial score (nSPS) is 17.1. The summed E-state index contributed by atoms with van der Waals surface area (Å²) in [4.78, 5) is 23.1. The number of hydrogen-bond acceptors (Lipinski definition) is 3. The maximum absolute atomic E-state index is 12.3. The Balaban J connectivity index is 1.95. The topological polar surface area (TPSA) is 79.5 Å². The Morgan fingerprint density at radius 1 is 1.36 bits per heavy atom. The highest BCUT2D eigenvalue weighted by Crippen LogP contribution is 2.28. The van der Waals surface area contributed by atoms with Crippen molar-refractivity contribution in [3.05, 3.63) is 23.7 Å². The van der Waals surface area contributed by atoms with Crippen LogP contribution in [0.2, 0.25) is 0 Å². The van der Waals surface area contributed by atoms with Crippen molar-refractivity contribution >= 4 is 11.9 Å². The lowest BCUT2D eigenvalue weighted by molar-refractivity contribution is -0.137. The third kappa shape index (κ3) is 4.90. The number of hydrogen-bond donors (Lipinski definition) is 2. The maximum atomic E-state index is 12.3. The van der Waals surface area contributed by atoms with Crippen LogP contribution in [-0.2, 0) is 4.79 Å². The summed E-state index contributed by atoms with van der Waals surface area (Å²) in [6.07, 6.45) is 9.03. The number of carboxylic acid groups (broad SMARTS) is 1. The predicted octanol–water partition coefficient (Wildman–Crippen LogP) is 3.52. The van der Waals surface area contributed by atoms with E-state index in [4.69, 9.17) is 9.52 Å². The van der Waals surface area contributed by atoms with Gasteiger partial charge >= 0.3 is 5.97 Å². The first-order valence-corrected chi connectivity index (χ1v) is 8.13. The van der Waals surface area contributed by atoms with Crippen LogP contribution in [0.5, 0.6) is 0 Å². The van der Waals surface area contributed by atoms with Crippen molar-refractivity contribution in [1.29, 1.82) is 0 Å². The Bertz CT molecular complexity index is 503. The molecule has 5 heteroatoms. The summed E-state index contributed by atoms with van der Waals surface area (Å²) >= 11 is 0. The zero-order chi connectivity index (χ0) is 15.9. The molecular weight excluding hydrogens is 282 g/mol. The first-order chi connectivity index (χ1) is 10.6. The van der Waals surface area contributed by atoms with Gasteiger partial charge < -0.3 is 14.8 Å². The predicted molar refractivity (Wildman–Crippen MR) is 82.8 cm³/mol. The fourth-order valence-electron chi connectivity index (χ4n) is 3.23. The summed E-state index contributed by atoms with van der Waals surface area (Å²) in [7, 11) is 0. The van der Waals surface area contributed by atoms with Gasteiger partial charge in [0.25, 0.3) is 5.91 Å². The van der Waals surface area contributed by atoms with Gasteiger partial charge in [-0.2, -0.15) is 0 Å². The van der Waals surface area contributed by atoms with Crippen molar-refractivity contribution in [2.45, 2.75) is 64.3 Å². The number of aryl methyl sites for hydroxylation is 1. The molecule has 1 aliphatic rings. The van der Waals surface area contributed by atoms with E-state index in [9.17, 15) is 9.59 Å². The van der Waals surface area contributed by atoms with Crippen LogP contribution in [0.3, 0.4) is 0 Å². The third-order valence-corrected chi connectivity index (χ3v) is 4.45. The lowest BCUT2D eigenvalue weighted by atomic mass is 9.84. The van der Waals surface area contributed by atoms with E-state index >= 15 is 0 Å². The largest absolute Gasteiger partial charge is 0.481 e. The summed E-state index contributed by atoms with van der Waals surface area (Å²) in [6, 6.07) is 1.65. The summed E-state index contributed by atoms with van der Waals surface area (Å²) in [5, 5.41) is 11.9. The first-order valence-electron chi connectivity index (χ1n) is 8.13. The number of nitrogens with one attached hydrogen (secondary N) is 1. The van der Waals surface area contributed by atoms with Crippen molar-refractivity contribution in [3.8, 4) is 0 Å². The van der Waals surface area contributed by atoms with Crippen LogP contribution in [0.1, 0.15) is 67.5 Å². The minimum Gasteiger partial charge on any atom is -0.481 e. The molecule has 1 saturated carbocycles. The van der Waals surface area contributed by atoms with E-state index < -0.39 is 5.97 Å². The van der Waals surface area contributed by atoms with Gasteiger partial charge in [-0.25, -0.2) is 0 Å². The number of furan rings is 1. The van der Waals surface area contributed by atoms with E-state index in [1.165, 1.54) is 38.4 Å². The fourth-order valence-corrected chi connectivity index (χ4v) is 3.23. The fraction of sp³-hybridized carbons (Fsp3) is 0.647. The molecule has 0 aliphatic heterocycles. The van der Waals surface area contributed by atoms with E-state index in [2.05, 4.69) is 5.32 Å². The molecule has 1 atom stereocenters. The van der Waals surface area contributed by atoms with Crippen LogP contribution in [-0.4, -0.2) is 23.0 Å². The minimum atomic E-state index is -0.822. The highest BCUT2D eigenvalue weighted by molar-refractivity contribution is 5.93. The van der Waals surface area contributed by atoms with Crippen LogP contribution >= 0.6 is 0 Å². The van der Waals surface area contributed by atoms with Gasteiger partial charge in [-0.05, 0) is 31.7 Å². The van der Waals surface area contributed by atoms with Gasteiger partial charge in [-0.1, -0.05) is 32.1 Å². The summed E-state index contributed by atoms with van der Waals surface area (Å²) in [5.74, 6) is -0.153. The van der Waals surface area contributed by atoms with Gasteiger partial charge in [-0.3, -0.25) is 9.59 Å². The first kappa shape index (κ1) is 16.6. The standard InChI is InChI=1S/C17H25NO4/c1-12-9-10-22-16(12)17(21)18-14(7-8-15(19)20)11-13-5-3-2-4-6-13/h9-10,13-14H,2-8,11H2,1H3,(H,18,21)(H,19,20). The van der Waals surface area contributed by atoms with Gasteiger partial charge in [0.05, 0.1) is 6.26 Å². The second-order valence-electron chi connectivity index (χ2n) is 6.28. The lowest BCUT2D eigenvalue weighted by Gasteiger charge is -2.26. The third-order valence-electron chi connectivity index (χ3n) is 4.45. The van der Waals surface area contributed by atoms with Crippen LogP contribution in [0.15, 0.2) is 16.7 Å². The molecule has 1 aliphatic carbocycles. The minimum absolute atomic E-state index is 0.0782. The molecule has 0 saturated heterocycles. The molecule has 1 aromatic rings. The average molecular weight is 307 g/mol.